The number of hydrogen-bond donors (Lipinski definition) is 0. The summed E-state index contributed by atoms with van der Waals surface area (Å²) in [6.45, 7) is 143. The first-order chi connectivity index (χ1) is 57.5. The first-order valence-corrected chi connectivity index (χ1v) is 57.5. The second kappa shape index (κ2) is 155. The van der Waals surface area contributed by atoms with Crippen molar-refractivity contribution in [3.05, 3.63) is 0 Å². The Labute approximate surface area is 818 Å². The molecule has 0 aromatic heterocycles. The van der Waals surface area contributed by atoms with E-state index in [1.807, 2.05) is 13.8 Å². The van der Waals surface area contributed by atoms with Crippen molar-refractivity contribution < 1.29 is 0 Å². The van der Waals surface area contributed by atoms with Crippen LogP contribution < -0.4 is 0 Å². The van der Waals surface area contributed by atoms with Gasteiger partial charge in [-0.3, -0.25) is 0 Å². The summed E-state index contributed by atoms with van der Waals surface area (Å²) in [4.78, 5) is 0. The zero-order chi connectivity index (χ0) is 105. The summed E-state index contributed by atoms with van der Waals surface area (Å²) in [5.74, 6) is 11.1. The minimum Gasteiger partial charge on any atom is -0.0683 e. The molecule has 1 aliphatic rings. The lowest BCUT2D eigenvalue weighted by molar-refractivity contribution is 0.338. The summed E-state index contributed by atoms with van der Waals surface area (Å²) in [5.41, 5.74) is 2.72. The lowest BCUT2D eigenvalue weighted by Crippen LogP contribution is -2.05. The fourth-order valence-corrected chi connectivity index (χ4v) is 8.09. The molecule has 0 radical (unpaired) electrons. The molecule has 0 nitrogen and oxygen atoms in total. The van der Waals surface area contributed by atoms with Crippen LogP contribution in [0.4, 0.5) is 0 Å². The van der Waals surface area contributed by atoms with Gasteiger partial charge in [0, 0.05) is 0 Å². The molecule has 2 atom stereocenters. The highest BCUT2D eigenvalue weighted by atomic mass is 14.2. The Hall–Kier alpha value is 0. The van der Waals surface area contributed by atoms with Crippen LogP contribution >= 0.6 is 0 Å². The molecular weight excluding hydrogens is 1500 g/mol. The summed E-state index contributed by atoms with van der Waals surface area (Å²) in [7, 11) is 0. The highest BCUT2D eigenvalue weighted by Crippen LogP contribution is 2.24. The predicted molar refractivity (Wildman–Crippen MR) is 620 cm³/mol. The molecule has 0 amide bonds. The van der Waals surface area contributed by atoms with Crippen molar-refractivity contribution in [2.75, 3.05) is 0 Å². The van der Waals surface area contributed by atoms with Gasteiger partial charge in [0.05, 0.1) is 0 Å². The van der Waals surface area contributed by atoms with Gasteiger partial charge in [0.15, 0.2) is 0 Å². The molecule has 1 aliphatic carbocycles. The molecule has 1 fully saturated rings. The number of hydrogen-bond acceptors (Lipinski definition) is 0. The molecular formula is C125H292. The largest absolute Gasteiger partial charge is 0.0683 e. The molecule has 0 heteroatoms. The van der Waals surface area contributed by atoms with Gasteiger partial charge in [-0.15, -0.1) is 0 Å². The van der Waals surface area contributed by atoms with Gasteiger partial charge in [-0.1, -0.05) is 719 Å². The van der Waals surface area contributed by atoms with E-state index < -0.39 is 0 Å². The van der Waals surface area contributed by atoms with Gasteiger partial charge >= 0.3 is 0 Å². The maximum absolute atomic E-state index is 2.34. The molecule has 1 saturated carbocycles. The third kappa shape index (κ3) is 399. The zero-order valence-corrected chi connectivity index (χ0v) is 105. The highest BCUT2D eigenvalue weighted by Gasteiger charge is 2.11. The van der Waals surface area contributed by atoms with Crippen molar-refractivity contribution in [1.82, 2.24) is 0 Å². The Morgan fingerprint density at radius 2 is 0.432 bits per heavy atom. The van der Waals surface area contributed by atoms with Crippen LogP contribution in [0, 0.1) is 98.1 Å². The maximum Gasteiger partial charge on any atom is -0.0359 e. The van der Waals surface area contributed by atoms with Gasteiger partial charge in [0.2, 0.25) is 0 Å². The molecule has 2 unspecified atom stereocenters. The van der Waals surface area contributed by atoms with E-state index in [0.717, 1.165) is 71.0 Å². The smallest absolute Gasteiger partial charge is 0.0359 e. The Bertz CT molecular complexity index is 1340. The Morgan fingerprint density at radius 1 is 0.224 bits per heavy atom. The van der Waals surface area contributed by atoms with Crippen LogP contribution in [0.2, 0.25) is 0 Å². The fraction of sp³-hybridized carbons (Fsp3) is 1.00. The van der Waals surface area contributed by atoms with Crippen LogP contribution in [-0.2, 0) is 0 Å². The standard InChI is InChI=1S/8C7H16.C6H12.5C6H14.4C5H12.2C4H10.C3H8.C2H6/c1-5-6-7(2,3)4;1-5-7(3,4)6-2;2*1-4-5-6-7(2)3;2*1-4-6-7(3)5-2;1-4-7(5-2)6-3;1-3-5-7-6-4-2;1-6-4-2-3-5-6;2*1-5-6(2,3)4;2*1-4-5-6(2)3;1-4-6(3)5-2;1-5(2,3)4;2*1-4-5(2)3;1-3-5-4-2;1-4(2)3;1-3-4-2;1-3-2;1-2/h2*5-6H2,1-4H3;5*7H,4-6H2,1-3H3;3-7H2,1-2H3;6H,2-5H2,1H3;2*5H2,1-4H3;3*6H,4-5H2,1-3H3;1-4H3;2*5H,4H2,1-3H3;3-5H2,1-2H3;4H,1-3H3;3-4H2,1-2H3;3H2,1-2H3;1-2H3. The average molecular weight is 1800 g/mol. The summed E-state index contributed by atoms with van der Waals surface area (Å²) < 4.78 is 0. The topological polar surface area (TPSA) is 0 Å². The first-order valence-electron chi connectivity index (χ1n) is 57.5. The normalized spacial score (nSPS) is 11.3. The Balaban J connectivity index is -0.0000000479. The van der Waals surface area contributed by atoms with Gasteiger partial charge < -0.3 is 0 Å². The summed E-state index contributed by atoms with van der Waals surface area (Å²) >= 11 is 0. The van der Waals surface area contributed by atoms with Crippen molar-refractivity contribution in [3.63, 3.8) is 0 Å². The molecule has 0 spiro atoms. The molecule has 0 heterocycles. The second-order valence-electron chi connectivity index (χ2n) is 45.9. The first kappa shape index (κ1) is 178. The maximum atomic E-state index is 2.34. The van der Waals surface area contributed by atoms with Crippen LogP contribution in [0.15, 0.2) is 0 Å². The van der Waals surface area contributed by atoms with Gasteiger partial charge in [-0.2, -0.15) is 0 Å². The van der Waals surface area contributed by atoms with E-state index in [2.05, 4.69) is 429 Å². The molecule has 1 rings (SSSR count). The molecule has 0 N–H and O–H groups in total. The van der Waals surface area contributed by atoms with E-state index in [4.69, 9.17) is 0 Å². The van der Waals surface area contributed by atoms with E-state index >= 15 is 0 Å². The third-order valence-corrected chi connectivity index (χ3v) is 20.8. The predicted octanol–water partition coefficient (Wildman–Crippen LogP) is 51.5. The molecule has 0 bridgehead atoms. The molecule has 792 valence electrons. The minimum atomic E-state index is 0.500. The minimum absolute atomic E-state index is 0.500. The summed E-state index contributed by atoms with van der Waals surface area (Å²) in [5, 5.41) is 0. The van der Waals surface area contributed by atoms with E-state index in [9.17, 15) is 0 Å². The Morgan fingerprint density at radius 3 is 0.472 bits per heavy atom. The SMILES string of the molecule is CC.CC(C)(C)C.CC(C)C.CC1CCCC1.CCC.CCC(C)(C)C.CCC(C)(C)C.CCC(C)(C)CC.CCC(C)C.CCC(C)C.CCC(C)CC.CCC(CC)CC.CCCC.CCCC(C)(C)C.CCCC(C)C.CCCC(C)C.CCCC(C)CC.CCCC(C)CC.CCCCC.CCCCC(C)C.CCCCC(C)C.CCCCCCC. The van der Waals surface area contributed by atoms with Crippen LogP contribution in [0.25, 0.3) is 0 Å². The van der Waals surface area contributed by atoms with E-state index in [-0.39, 0.29) is 0 Å². The molecule has 0 saturated heterocycles. The van der Waals surface area contributed by atoms with Gasteiger partial charge in [0.1, 0.15) is 0 Å². The Kier molecular flexibility index (Phi) is 220. The quantitative estimate of drug-likeness (QED) is 0.0575. The lowest BCUT2D eigenvalue weighted by Gasteiger charge is -2.18. The summed E-state index contributed by atoms with van der Waals surface area (Å²) in [6, 6.07) is 0. The van der Waals surface area contributed by atoms with Crippen molar-refractivity contribution >= 4 is 0 Å². The monoisotopic (exact) mass is 1790 g/mol. The summed E-state index contributed by atoms with van der Waals surface area (Å²) in [6.07, 6.45) is 59.9. The number of rotatable bonds is 33. The zero-order valence-electron chi connectivity index (χ0n) is 105. The molecule has 0 aromatic rings. The van der Waals surface area contributed by atoms with Crippen molar-refractivity contribution in [1.29, 1.82) is 0 Å². The lowest BCUT2D eigenvalue weighted by atomic mass is 9.88. The fourth-order valence-electron chi connectivity index (χ4n) is 8.09. The molecule has 0 aliphatic heterocycles. The second-order valence-corrected chi connectivity index (χ2v) is 45.9. The van der Waals surface area contributed by atoms with Gasteiger partial charge in [0.25, 0.3) is 0 Å². The van der Waals surface area contributed by atoms with Crippen LogP contribution in [-0.4, -0.2) is 0 Å². The van der Waals surface area contributed by atoms with Crippen molar-refractivity contribution in [2.45, 2.75) is 726 Å². The average Bonchev–Trinajstić information content (AvgIpc) is 1.25. The van der Waals surface area contributed by atoms with E-state index in [1.165, 1.54) is 283 Å². The molecule has 125 heavy (non-hydrogen) atoms. The van der Waals surface area contributed by atoms with Crippen molar-refractivity contribution in [2.24, 2.45) is 98.1 Å². The van der Waals surface area contributed by atoms with E-state index in [1.54, 1.807) is 0 Å². The van der Waals surface area contributed by atoms with Gasteiger partial charge in [-0.25, -0.2) is 0 Å². The van der Waals surface area contributed by atoms with Crippen molar-refractivity contribution in [3.8, 4) is 0 Å². The molecule has 0 aromatic carbocycles. The number of unbranched alkanes of at least 4 members (excludes halogenated alkanes) is 9. The van der Waals surface area contributed by atoms with Crippen LogP contribution in [0.5, 0.6) is 0 Å². The van der Waals surface area contributed by atoms with Crippen LogP contribution in [0.3, 0.4) is 0 Å². The third-order valence-electron chi connectivity index (χ3n) is 20.8. The van der Waals surface area contributed by atoms with Crippen LogP contribution in [0.1, 0.15) is 726 Å². The highest BCUT2D eigenvalue weighted by molar-refractivity contribution is 4.63. The van der Waals surface area contributed by atoms with E-state index in [0.29, 0.717) is 27.1 Å². The van der Waals surface area contributed by atoms with Gasteiger partial charge in [-0.05, 0) is 105 Å².